The number of hydrogen-bond acceptors (Lipinski definition) is 1. The Hall–Kier alpha value is -1.77. The molecule has 0 spiro atoms. The van der Waals surface area contributed by atoms with Gasteiger partial charge in [-0.05, 0) is 25.1 Å². The molecule has 0 aliphatic rings. The third-order valence-electron chi connectivity index (χ3n) is 3.29. The molecule has 0 radical (unpaired) electrons. The lowest BCUT2D eigenvalue weighted by atomic mass is 10.1. The van der Waals surface area contributed by atoms with Gasteiger partial charge in [0.15, 0.2) is 0 Å². The second kappa shape index (κ2) is 4.72. The van der Waals surface area contributed by atoms with Gasteiger partial charge in [0.05, 0.1) is 11.6 Å². The second-order valence-corrected chi connectivity index (χ2v) is 4.93. The molecule has 3 aromatic rings. The van der Waals surface area contributed by atoms with Crippen LogP contribution in [0.5, 0.6) is 0 Å². The van der Waals surface area contributed by atoms with Gasteiger partial charge in [0.1, 0.15) is 5.15 Å². The van der Waals surface area contributed by atoms with Gasteiger partial charge in [0, 0.05) is 16.6 Å². The normalized spacial score (nSPS) is 12.8. The highest BCUT2D eigenvalue weighted by atomic mass is 35.5. The number of benzene rings is 2. The molecule has 1 N–H and O–H groups in total. The van der Waals surface area contributed by atoms with Gasteiger partial charge in [-0.15, -0.1) is 0 Å². The molecule has 0 amide bonds. The summed E-state index contributed by atoms with van der Waals surface area (Å²) >= 11 is 6.48. The molecule has 1 unspecified atom stereocenters. The predicted octanol–water partition coefficient (Wildman–Crippen LogP) is 4.34. The molecule has 0 saturated carbocycles. The van der Waals surface area contributed by atoms with Crippen molar-refractivity contribution in [3.63, 3.8) is 0 Å². The van der Waals surface area contributed by atoms with Gasteiger partial charge in [0.25, 0.3) is 0 Å². The number of aliphatic hydroxyl groups excluding tert-OH is 1. The largest absolute Gasteiger partial charge is 0.389 e. The van der Waals surface area contributed by atoms with Crippen LogP contribution in [0, 0.1) is 0 Å². The monoisotopic (exact) mass is 271 g/mol. The molecule has 0 saturated heterocycles. The molecule has 96 valence electrons. The van der Waals surface area contributed by atoms with Crippen LogP contribution in [0.15, 0.2) is 54.6 Å². The van der Waals surface area contributed by atoms with Gasteiger partial charge in [-0.3, -0.25) is 4.57 Å². The van der Waals surface area contributed by atoms with E-state index in [9.17, 15) is 5.11 Å². The number of rotatable bonds is 2. The number of fused-ring (bicyclic) bond motifs is 1. The zero-order chi connectivity index (χ0) is 13.4. The van der Waals surface area contributed by atoms with Crippen LogP contribution in [0.25, 0.3) is 16.6 Å². The summed E-state index contributed by atoms with van der Waals surface area (Å²) in [4.78, 5) is 0. The van der Waals surface area contributed by atoms with Gasteiger partial charge in [-0.2, -0.15) is 0 Å². The highest BCUT2D eigenvalue weighted by Crippen LogP contribution is 2.36. The van der Waals surface area contributed by atoms with E-state index in [2.05, 4.69) is 0 Å². The Bertz CT molecular complexity index is 716. The zero-order valence-electron chi connectivity index (χ0n) is 10.5. The summed E-state index contributed by atoms with van der Waals surface area (Å²) < 4.78 is 1.97. The average Bonchev–Trinajstić information content (AvgIpc) is 2.71. The van der Waals surface area contributed by atoms with Crippen molar-refractivity contribution < 1.29 is 5.11 Å². The van der Waals surface area contributed by atoms with Crippen LogP contribution in [0.1, 0.15) is 18.6 Å². The van der Waals surface area contributed by atoms with E-state index in [0.717, 1.165) is 22.2 Å². The second-order valence-electron chi connectivity index (χ2n) is 4.57. The van der Waals surface area contributed by atoms with Crippen LogP contribution in [0.3, 0.4) is 0 Å². The van der Waals surface area contributed by atoms with E-state index in [1.807, 2.05) is 59.2 Å². The molecule has 2 nitrogen and oxygen atoms in total. The first kappa shape index (κ1) is 12.3. The van der Waals surface area contributed by atoms with Gasteiger partial charge < -0.3 is 5.11 Å². The van der Waals surface area contributed by atoms with E-state index in [1.165, 1.54) is 0 Å². The van der Waals surface area contributed by atoms with Crippen molar-refractivity contribution in [3.05, 3.63) is 65.3 Å². The third kappa shape index (κ3) is 1.93. The molecule has 19 heavy (non-hydrogen) atoms. The molecule has 0 fully saturated rings. The molecule has 3 rings (SSSR count). The highest BCUT2D eigenvalue weighted by Gasteiger charge is 2.19. The van der Waals surface area contributed by atoms with E-state index in [4.69, 9.17) is 11.6 Å². The molecule has 1 aromatic heterocycles. The number of halogens is 1. The summed E-state index contributed by atoms with van der Waals surface area (Å²) in [6, 6.07) is 17.9. The van der Waals surface area contributed by atoms with Crippen LogP contribution in [0.2, 0.25) is 5.15 Å². The first-order valence-electron chi connectivity index (χ1n) is 6.22. The molecule has 1 heterocycles. The SMILES string of the molecule is CC(O)c1c(Cl)n(-c2ccccc2)c2ccccc12. The molecule has 1 atom stereocenters. The molecule has 0 aliphatic carbocycles. The number of hydrogen-bond donors (Lipinski definition) is 1. The molecule has 2 aromatic carbocycles. The van der Waals surface area contributed by atoms with Crippen molar-refractivity contribution in [3.8, 4) is 5.69 Å². The third-order valence-corrected chi connectivity index (χ3v) is 3.66. The van der Waals surface area contributed by atoms with E-state index < -0.39 is 6.10 Å². The van der Waals surface area contributed by atoms with Crippen LogP contribution in [-0.2, 0) is 0 Å². The van der Waals surface area contributed by atoms with E-state index in [0.29, 0.717) is 5.15 Å². The molecule has 0 aliphatic heterocycles. The molecular formula is C16H14ClNO. The minimum absolute atomic E-state index is 0.572. The van der Waals surface area contributed by atoms with Crippen molar-refractivity contribution >= 4 is 22.5 Å². The Morgan fingerprint density at radius 1 is 1.00 bits per heavy atom. The van der Waals surface area contributed by atoms with Crippen molar-refractivity contribution in [1.29, 1.82) is 0 Å². The van der Waals surface area contributed by atoms with E-state index in [1.54, 1.807) is 6.92 Å². The van der Waals surface area contributed by atoms with Crippen LogP contribution >= 0.6 is 11.6 Å². The minimum atomic E-state index is -0.595. The smallest absolute Gasteiger partial charge is 0.120 e. The summed E-state index contributed by atoms with van der Waals surface area (Å²) in [5.41, 5.74) is 2.78. The summed E-state index contributed by atoms with van der Waals surface area (Å²) in [6.07, 6.45) is -0.595. The van der Waals surface area contributed by atoms with Crippen molar-refractivity contribution in [2.24, 2.45) is 0 Å². The Balaban J connectivity index is 2.40. The van der Waals surface area contributed by atoms with Crippen LogP contribution in [0.4, 0.5) is 0 Å². The Labute approximate surface area is 116 Å². The first-order valence-corrected chi connectivity index (χ1v) is 6.60. The summed E-state index contributed by atoms with van der Waals surface area (Å²) in [6.45, 7) is 1.74. The quantitative estimate of drug-likeness (QED) is 0.737. The standard InChI is InChI=1S/C16H14ClNO/c1-11(19)15-13-9-5-6-10-14(13)18(16(15)17)12-7-3-2-4-8-12/h2-11,19H,1H3. The number of aromatic nitrogens is 1. The average molecular weight is 272 g/mol. The van der Waals surface area contributed by atoms with Crippen molar-refractivity contribution in [2.75, 3.05) is 0 Å². The van der Waals surface area contributed by atoms with Gasteiger partial charge in [0.2, 0.25) is 0 Å². The van der Waals surface area contributed by atoms with Crippen LogP contribution < -0.4 is 0 Å². The Kier molecular flexibility index (Phi) is 3.05. The van der Waals surface area contributed by atoms with Crippen LogP contribution in [-0.4, -0.2) is 9.67 Å². The fourth-order valence-electron chi connectivity index (χ4n) is 2.46. The van der Waals surface area contributed by atoms with Gasteiger partial charge in [-0.1, -0.05) is 48.0 Å². The zero-order valence-corrected chi connectivity index (χ0v) is 11.3. The lowest BCUT2D eigenvalue weighted by molar-refractivity contribution is 0.201. The van der Waals surface area contributed by atoms with E-state index in [-0.39, 0.29) is 0 Å². The molecule has 0 bridgehead atoms. The molecule has 3 heteroatoms. The van der Waals surface area contributed by atoms with Gasteiger partial charge in [-0.25, -0.2) is 0 Å². The van der Waals surface area contributed by atoms with Crippen molar-refractivity contribution in [1.82, 2.24) is 4.57 Å². The fourth-order valence-corrected chi connectivity index (χ4v) is 2.91. The lowest BCUT2D eigenvalue weighted by Gasteiger charge is -2.07. The molecular weight excluding hydrogens is 258 g/mol. The summed E-state index contributed by atoms with van der Waals surface area (Å²) in [7, 11) is 0. The topological polar surface area (TPSA) is 25.2 Å². The number of aliphatic hydroxyl groups is 1. The Morgan fingerprint density at radius 3 is 2.32 bits per heavy atom. The fraction of sp³-hybridized carbons (Fsp3) is 0.125. The highest BCUT2D eigenvalue weighted by molar-refractivity contribution is 6.32. The van der Waals surface area contributed by atoms with E-state index >= 15 is 0 Å². The maximum atomic E-state index is 9.97. The van der Waals surface area contributed by atoms with Crippen molar-refractivity contribution in [2.45, 2.75) is 13.0 Å². The maximum Gasteiger partial charge on any atom is 0.120 e. The lowest BCUT2D eigenvalue weighted by Crippen LogP contribution is -1.95. The summed E-state index contributed by atoms with van der Waals surface area (Å²) in [5, 5.41) is 11.5. The number of nitrogens with zero attached hydrogens (tertiary/aromatic N) is 1. The number of para-hydroxylation sites is 2. The first-order chi connectivity index (χ1) is 9.20. The minimum Gasteiger partial charge on any atom is -0.389 e. The maximum absolute atomic E-state index is 9.97. The predicted molar refractivity (Wildman–Crippen MR) is 78.9 cm³/mol. The Morgan fingerprint density at radius 2 is 1.63 bits per heavy atom. The summed E-state index contributed by atoms with van der Waals surface area (Å²) in [5.74, 6) is 0. The van der Waals surface area contributed by atoms with Gasteiger partial charge >= 0.3 is 0 Å².